The van der Waals surface area contributed by atoms with Gasteiger partial charge in [-0.1, -0.05) is 24.3 Å². The van der Waals surface area contributed by atoms with Crippen LogP contribution < -0.4 is 0 Å². The Morgan fingerprint density at radius 3 is 2.72 bits per heavy atom. The molecule has 0 spiro atoms. The number of benzene rings is 1. The van der Waals surface area contributed by atoms with E-state index in [0.717, 1.165) is 16.9 Å². The Hall–Kier alpha value is -1.81. The van der Waals surface area contributed by atoms with Crippen LogP contribution in [0.15, 0.2) is 53.7 Å². The van der Waals surface area contributed by atoms with E-state index in [-0.39, 0.29) is 0 Å². The van der Waals surface area contributed by atoms with Gasteiger partial charge in [-0.25, -0.2) is 4.99 Å². The van der Waals surface area contributed by atoms with Crippen molar-refractivity contribution in [1.82, 2.24) is 4.98 Å². The summed E-state index contributed by atoms with van der Waals surface area (Å²) in [6.07, 6.45) is 1.72. The summed E-state index contributed by atoms with van der Waals surface area (Å²) in [6.45, 7) is 1.97. The standard InChI is InChI=1S/C14H14N2OS/c1-12-6-5-9-15-14(12)10-18(17)11-16-13-7-3-2-4-8-13/h2-9,11H,10H2,1H3. The number of hydrogen-bond donors (Lipinski definition) is 0. The summed E-state index contributed by atoms with van der Waals surface area (Å²) in [7, 11) is -1.14. The van der Waals surface area contributed by atoms with E-state index < -0.39 is 10.8 Å². The van der Waals surface area contributed by atoms with E-state index in [9.17, 15) is 4.21 Å². The molecule has 92 valence electrons. The molecule has 0 aliphatic heterocycles. The zero-order valence-corrected chi connectivity index (χ0v) is 10.9. The van der Waals surface area contributed by atoms with E-state index in [1.54, 1.807) is 6.20 Å². The highest BCUT2D eigenvalue weighted by Crippen LogP contribution is 2.10. The Bertz CT molecular complexity index is 567. The van der Waals surface area contributed by atoms with Gasteiger partial charge in [0.2, 0.25) is 0 Å². The second-order valence-electron chi connectivity index (χ2n) is 3.86. The van der Waals surface area contributed by atoms with Crippen molar-refractivity contribution in [2.45, 2.75) is 12.7 Å². The molecule has 0 N–H and O–H groups in total. The Balaban J connectivity index is 2.02. The zero-order chi connectivity index (χ0) is 12.8. The highest BCUT2D eigenvalue weighted by atomic mass is 32.2. The van der Waals surface area contributed by atoms with Crippen LogP contribution in [0.4, 0.5) is 5.69 Å². The molecule has 0 saturated heterocycles. The normalized spacial score (nSPS) is 12.7. The molecule has 1 aromatic heterocycles. The summed E-state index contributed by atoms with van der Waals surface area (Å²) in [6, 6.07) is 13.3. The molecule has 4 heteroatoms. The molecule has 0 amide bonds. The fourth-order valence-corrected chi connectivity index (χ4v) is 2.36. The maximum absolute atomic E-state index is 11.9. The fourth-order valence-electron chi connectivity index (χ4n) is 1.48. The minimum absolute atomic E-state index is 0.406. The van der Waals surface area contributed by atoms with Gasteiger partial charge in [-0.3, -0.25) is 9.19 Å². The molecular formula is C14H14N2OS. The third kappa shape index (κ3) is 3.60. The monoisotopic (exact) mass is 258 g/mol. The second-order valence-corrected chi connectivity index (χ2v) is 5.12. The van der Waals surface area contributed by atoms with Crippen molar-refractivity contribution >= 4 is 22.0 Å². The summed E-state index contributed by atoms with van der Waals surface area (Å²) < 4.78 is 11.9. The predicted molar refractivity (Wildman–Crippen MR) is 75.4 cm³/mol. The fraction of sp³-hybridized carbons (Fsp3) is 0.143. The van der Waals surface area contributed by atoms with Gasteiger partial charge in [0, 0.05) is 6.20 Å². The van der Waals surface area contributed by atoms with Gasteiger partial charge < -0.3 is 0 Å². The van der Waals surface area contributed by atoms with Crippen molar-refractivity contribution < 1.29 is 4.21 Å². The number of hydrogen-bond acceptors (Lipinski definition) is 3. The first kappa shape index (κ1) is 12.6. The lowest BCUT2D eigenvalue weighted by molar-refractivity contribution is 0.689. The first-order valence-electron chi connectivity index (χ1n) is 5.62. The molecule has 2 aromatic rings. The number of nitrogens with zero attached hydrogens (tertiary/aromatic N) is 2. The predicted octanol–water partition coefficient (Wildman–Crippen LogP) is 3.00. The quantitative estimate of drug-likeness (QED) is 0.625. The summed E-state index contributed by atoms with van der Waals surface area (Å²) in [5, 5.41) is 0. The van der Waals surface area contributed by atoms with E-state index in [4.69, 9.17) is 0 Å². The molecule has 1 unspecified atom stereocenters. The van der Waals surface area contributed by atoms with Crippen molar-refractivity contribution in [3.63, 3.8) is 0 Å². The van der Waals surface area contributed by atoms with E-state index >= 15 is 0 Å². The molecule has 0 aliphatic carbocycles. The number of aromatic nitrogens is 1. The van der Waals surface area contributed by atoms with Crippen LogP contribution in [-0.4, -0.2) is 14.7 Å². The van der Waals surface area contributed by atoms with Gasteiger partial charge in [-0.05, 0) is 30.7 Å². The Morgan fingerprint density at radius 1 is 1.22 bits per heavy atom. The van der Waals surface area contributed by atoms with Crippen molar-refractivity contribution in [2.75, 3.05) is 0 Å². The number of para-hydroxylation sites is 1. The van der Waals surface area contributed by atoms with Crippen LogP contribution in [-0.2, 0) is 16.6 Å². The maximum atomic E-state index is 11.9. The lowest BCUT2D eigenvalue weighted by atomic mass is 10.2. The van der Waals surface area contributed by atoms with Gasteiger partial charge >= 0.3 is 0 Å². The molecule has 3 nitrogen and oxygen atoms in total. The van der Waals surface area contributed by atoms with Crippen LogP contribution in [0, 0.1) is 6.92 Å². The Morgan fingerprint density at radius 2 is 2.00 bits per heavy atom. The largest absolute Gasteiger partial charge is 0.260 e. The first-order chi connectivity index (χ1) is 8.75. The van der Waals surface area contributed by atoms with E-state index in [0.29, 0.717) is 5.75 Å². The van der Waals surface area contributed by atoms with Crippen LogP contribution in [0.2, 0.25) is 0 Å². The molecule has 1 heterocycles. The number of pyridine rings is 1. The number of rotatable bonds is 4. The van der Waals surface area contributed by atoms with E-state index in [1.165, 1.54) is 5.55 Å². The number of aliphatic imine (C=N–C) groups is 1. The smallest absolute Gasteiger partial charge is 0.0919 e. The molecule has 0 fully saturated rings. The average Bonchev–Trinajstić information content (AvgIpc) is 2.40. The van der Waals surface area contributed by atoms with Crippen molar-refractivity contribution in [3.05, 3.63) is 59.9 Å². The maximum Gasteiger partial charge on any atom is 0.0919 e. The third-order valence-corrected chi connectivity index (χ3v) is 3.37. The third-order valence-electron chi connectivity index (χ3n) is 2.47. The van der Waals surface area contributed by atoms with Crippen molar-refractivity contribution in [1.29, 1.82) is 0 Å². The highest BCUT2D eigenvalue weighted by molar-refractivity contribution is 7.97. The van der Waals surface area contributed by atoms with Crippen molar-refractivity contribution in [2.24, 2.45) is 4.99 Å². The summed E-state index contributed by atoms with van der Waals surface area (Å²) in [5.41, 5.74) is 4.20. The summed E-state index contributed by atoms with van der Waals surface area (Å²) in [4.78, 5) is 8.40. The van der Waals surface area contributed by atoms with E-state index in [2.05, 4.69) is 9.98 Å². The molecule has 0 bridgehead atoms. The number of aryl methyl sites for hydroxylation is 1. The van der Waals surface area contributed by atoms with Gasteiger partial charge in [0.05, 0.1) is 33.5 Å². The van der Waals surface area contributed by atoms with Gasteiger partial charge in [0.25, 0.3) is 0 Å². The first-order valence-corrected chi connectivity index (χ1v) is 7.01. The van der Waals surface area contributed by atoms with E-state index in [1.807, 2.05) is 49.4 Å². The molecular weight excluding hydrogens is 244 g/mol. The molecule has 18 heavy (non-hydrogen) atoms. The highest BCUT2D eigenvalue weighted by Gasteiger charge is 2.02. The second kappa shape index (κ2) is 6.21. The van der Waals surface area contributed by atoms with Crippen LogP contribution in [0.1, 0.15) is 11.3 Å². The van der Waals surface area contributed by atoms with Crippen LogP contribution in [0.3, 0.4) is 0 Å². The molecule has 1 atom stereocenters. The minimum Gasteiger partial charge on any atom is -0.260 e. The molecule has 0 saturated carbocycles. The van der Waals surface area contributed by atoms with Gasteiger partial charge in [0.15, 0.2) is 0 Å². The van der Waals surface area contributed by atoms with Gasteiger partial charge in [-0.2, -0.15) is 0 Å². The van der Waals surface area contributed by atoms with Crippen molar-refractivity contribution in [3.8, 4) is 0 Å². The summed E-state index contributed by atoms with van der Waals surface area (Å²) >= 11 is 0. The van der Waals surface area contributed by atoms with Crippen LogP contribution in [0.25, 0.3) is 0 Å². The van der Waals surface area contributed by atoms with Gasteiger partial charge in [0.1, 0.15) is 0 Å². The SMILES string of the molecule is Cc1cccnc1CS(=O)C=Nc1ccccc1. The van der Waals surface area contributed by atoms with Crippen LogP contribution >= 0.6 is 0 Å². The molecule has 0 aliphatic rings. The zero-order valence-electron chi connectivity index (χ0n) is 10.1. The molecule has 1 aromatic carbocycles. The Labute approximate surface area is 109 Å². The minimum atomic E-state index is -1.14. The van der Waals surface area contributed by atoms with Gasteiger partial charge in [-0.15, -0.1) is 0 Å². The molecule has 2 rings (SSSR count). The van der Waals surface area contributed by atoms with Crippen LogP contribution in [0.5, 0.6) is 0 Å². The average molecular weight is 258 g/mol. The lowest BCUT2D eigenvalue weighted by Crippen LogP contribution is -2.00. The lowest BCUT2D eigenvalue weighted by Gasteiger charge is -2.01. The summed E-state index contributed by atoms with van der Waals surface area (Å²) in [5.74, 6) is 0.406. The molecule has 0 radical (unpaired) electrons. The topological polar surface area (TPSA) is 42.3 Å². The Kier molecular flexibility index (Phi) is 4.36.